The highest BCUT2D eigenvalue weighted by Crippen LogP contribution is 2.25. The summed E-state index contributed by atoms with van der Waals surface area (Å²) >= 11 is 0. The average Bonchev–Trinajstić information content (AvgIpc) is 2.99. The van der Waals surface area contributed by atoms with Crippen molar-refractivity contribution >= 4 is 20.8 Å². The summed E-state index contributed by atoms with van der Waals surface area (Å²) in [6.07, 6.45) is 6.54. The summed E-state index contributed by atoms with van der Waals surface area (Å²) in [5.74, 6) is 0. The van der Waals surface area contributed by atoms with E-state index in [4.69, 9.17) is 0 Å². The molecule has 0 aliphatic carbocycles. The maximum Gasteiger partial charge on any atom is 0.243 e. The molecule has 0 bridgehead atoms. The minimum absolute atomic E-state index is 0.264. The molecule has 7 heteroatoms. The van der Waals surface area contributed by atoms with Crippen LogP contribution >= 0.6 is 0 Å². The molecule has 0 radical (unpaired) electrons. The number of nitrogens with zero attached hydrogens (tertiary/aromatic N) is 3. The average molecular weight is 302 g/mol. The van der Waals surface area contributed by atoms with Gasteiger partial charge in [0.15, 0.2) is 0 Å². The molecule has 21 heavy (non-hydrogen) atoms. The van der Waals surface area contributed by atoms with Gasteiger partial charge in [-0.05, 0) is 12.1 Å². The Morgan fingerprint density at radius 2 is 2.10 bits per heavy atom. The number of H-pyrrole nitrogens is 1. The quantitative estimate of drug-likeness (QED) is 0.796. The topological polar surface area (TPSA) is 79.0 Å². The Hall–Kier alpha value is -2.25. The van der Waals surface area contributed by atoms with Gasteiger partial charge in [-0.3, -0.25) is 10.1 Å². The van der Waals surface area contributed by atoms with Crippen LogP contribution in [0.1, 0.15) is 5.56 Å². The molecule has 0 amide bonds. The number of fused-ring (bicyclic) bond motifs is 1. The number of aromatic amines is 1. The molecule has 0 saturated carbocycles. The van der Waals surface area contributed by atoms with Gasteiger partial charge in [0, 0.05) is 48.5 Å². The van der Waals surface area contributed by atoms with Crippen molar-refractivity contribution in [2.45, 2.75) is 11.4 Å². The second-order valence-electron chi connectivity index (χ2n) is 4.72. The first kappa shape index (κ1) is 13.7. The Morgan fingerprint density at radius 3 is 2.86 bits per heavy atom. The third-order valence-corrected chi connectivity index (χ3v) is 5.15. The Balaban J connectivity index is 2.04. The molecule has 108 valence electrons. The molecule has 3 rings (SSSR count). The van der Waals surface area contributed by atoms with Crippen molar-refractivity contribution in [3.05, 3.63) is 54.6 Å². The number of benzene rings is 1. The zero-order valence-electron chi connectivity index (χ0n) is 11.4. The third-order valence-electron chi connectivity index (χ3n) is 3.29. The monoisotopic (exact) mass is 302 g/mol. The Labute approximate surface area is 122 Å². The van der Waals surface area contributed by atoms with E-state index in [0.717, 1.165) is 10.9 Å². The van der Waals surface area contributed by atoms with Crippen molar-refractivity contribution in [2.75, 3.05) is 7.05 Å². The molecule has 1 aromatic carbocycles. The van der Waals surface area contributed by atoms with Crippen LogP contribution < -0.4 is 0 Å². The first-order valence-corrected chi connectivity index (χ1v) is 7.80. The molecular weight excluding hydrogens is 288 g/mol. The van der Waals surface area contributed by atoms with E-state index in [1.54, 1.807) is 50.0 Å². The minimum Gasteiger partial charge on any atom is -0.285 e. The minimum atomic E-state index is -3.58. The molecule has 0 aliphatic heterocycles. The molecular formula is C14H14N4O2S. The van der Waals surface area contributed by atoms with Gasteiger partial charge >= 0.3 is 0 Å². The molecule has 3 aromatic rings. The van der Waals surface area contributed by atoms with Crippen molar-refractivity contribution in [3.8, 4) is 0 Å². The molecule has 2 aromatic heterocycles. The molecule has 0 atom stereocenters. The van der Waals surface area contributed by atoms with Crippen molar-refractivity contribution in [1.29, 1.82) is 0 Å². The summed E-state index contributed by atoms with van der Waals surface area (Å²) in [4.78, 5) is 4.31. The number of sulfonamides is 1. The van der Waals surface area contributed by atoms with E-state index in [2.05, 4.69) is 15.2 Å². The highest BCUT2D eigenvalue weighted by Gasteiger charge is 2.23. The lowest BCUT2D eigenvalue weighted by molar-refractivity contribution is 0.467. The number of hydrogen-bond acceptors (Lipinski definition) is 4. The lowest BCUT2D eigenvalue weighted by Gasteiger charge is -2.17. The number of hydrogen-bond donors (Lipinski definition) is 1. The molecule has 0 saturated heterocycles. The van der Waals surface area contributed by atoms with Crippen LogP contribution in [0.3, 0.4) is 0 Å². The predicted octanol–water partition coefficient (Wildman–Crippen LogP) is 1.78. The van der Waals surface area contributed by atoms with E-state index >= 15 is 0 Å². The molecule has 0 fully saturated rings. The van der Waals surface area contributed by atoms with Crippen LogP contribution in [0.4, 0.5) is 0 Å². The van der Waals surface area contributed by atoms with Gasteiger partial charge < -0.3 is 0 Å². The van der Waals surface area contributed by atoms with E-state index < -0.39 is 10.0 Å². The Bertz CT molecular complexity index is 854. The summed E-state index contributed by atoms with van der Waals surface area (Å²) in [7, 11) is -2.02. The highest BCUT2D eigenvalue weighted by molar-refractivity contribution is 7.89. The first-order chi connectivity index (χ1) is 10.1. The molecule has 1 N–H and O–H groups in total. The second-order valence-corrected chi connectivity index (χ2v) is 6.73. The van der Waals surface area contributed by atoms with E-state index in [9.17, 15) is 8.42 Å². The second kappa shape index (κ2) is 5.27. The van der Waals surface area contributed by atoms with Gasteiger partial charge in [0.2, 0.25) is 10.0 Å². The van der Waals surface area contributed by atoms with E-state index in [1.807, 2.05) is 6.07 Å². The standard InChI is InChI=1S/C14H14N4O2S/c1-18(10-11-7-16-17-8-11)21(19,20)14-4-2-3-12-9-15-6-5-13(12)14/h2-9H,10H2,1H3,(H,16,17). The fraction of sp³-hybridized carbons (Fsp3) is 0.143. The van der Waals surface area contributed by atoms with Gasteiger partial charge in [-0.2, -0.15) is 9.40 Å². The van der Waals surface area contributed by atoms with Gasteiger partial charge in [-0.25, -0.2) is 8.42 Å². The van der Waals surface area contributed by atoms with Crippen molar-refractivity contribution < 1.29 is 8.42 Å². The van der Waals surface area contributed by atoms with Crippen LogP contribution in [0.5, 0.6) is 0 Å². The summed E-state index contributed by atoms with van der Waals surface area (Å²) in [6.45, 7) is 0.264. The number of pyridine rings is 1. The van der Waals surface area contributed by atoms with Crippen molar-refractivity contribution in [1.82, 2.24) is 19.5 Å². The fourth-order valence-corrected chi connectivity index (χ4v) is 3.56. The van der Waals surface area contributed by atoms with Gasteiger partial charge in [0.25, 0.3) is 0 Å². The molecule has 0 spiro atoms. The Kier molecular flexibility index (Phi) is 3.44. The number of rotatable bonds is 4. The summed E-state index contributed by atoms with van der Waals surface area (Å²) in [6, 6.07) is 6.90. The molecule has 6 nitrogen and oxygen atoms in total. The van der Waals surface area contributed by atoms with Crippen molar-refractivity contribution in [3.63, 3.8) is 0 Å². The van der Waals surface area contributed by atoms with Crippen LogP contribution in [-0.4, -0.2) is 35.0 Å². The van der Waals surface area contributed by atoms with Crippen LogP contribution in [0.25, 0.3) is 10.8 Å². The van der Waals surface area contributed by atoms with E-state index in [1.165, 1.54) is 4.31 Å². The zero-order valence-corrected chi connectivity index (χ0v) is 12.2. The van der Waals surface area contributed by atoms with Crippen LogP contribution in [-0.2, 0) is 16.6 Å². The first-order valence-electron chi connectivity index (χ1n) is 6.36. The molecule has 0 aliphatic rings. The Morgan fingerprint density at radius 1 is 1.24 bits per heavy atom. The lowest BCUT2D eigenvalue weighted by atomic mass is 10.2. The summed E-state index contributed by atoms with van der Waals surface area (Å²) < 4.78 is 26.8. The molecule has 0 unspecified atom stereocenters. The van der Waals surface area contributed by atoms with Gasteiger partial charge in [-0.15, -0.1) is 0 Å². The van der Waals surface area contributed by atoms with Gasteiger partial charge in [-0.1, -0.05) is 12.1 Å². The largest absolute Gasteiger partial charge is 0.285 e. The van der Waals surface area contributed by atoms with Gasteiger partial charge in [0.05, 0.1) is 11.1 Å². The highest BCUT2D eigenvalue weighted by atomic mass is 32.2. The van der Waals surface area contributed by atoms with Crippen molar-refractivity contribution in [2.24, 2.45) is 0 Å². The van der Waals surface area contributed by atoms with Crippen LogP contribution in [0, 0.1) is 0 Å². The predicted molar refractivity (Wildman–Crippen MR) is 79.0 cm³/mol. The lowest BCUT2D eigenvalue weighted by Crippen LogP contribution is -2.26. The fourth-order valence-electron chi connectivity index (χ4n) is 2.19. The van der Waals surface area contributed by atoms with Crippen LogP contribution in [0.2, 0.25) is 0 Å². The maximum absolute atomic E-state index is 12.7. The normalized spacial score (nSPS) is 12.1. The third kappa shape index (κ3) is 2.53. The number of aromatic nitrogens is 3. The number of nitrogens with one attached hydrogen (secondary N) is 1. The van der Waals surface area contributed by atoms with Crippen LogP contribution in [0.15, 0.2) is 53.9 Å². The zero-order chi connectivity index (χ0) is 14.9. The SMILES string of the molecule is CN(Cc1cn[nH]c1)S(=O)(=O)c1cccc2cnccc12. The smallest absolute Gasteiger partial charge is 0.243 e. The summed E-state index contributed by atoms with van der Waals surface area (Å²) in [5, 5.41) is 7.98. The van der Waals surface area contributed by atoms with Gasteiger partial charge in [0.1, 0.15) is 0 Å². The van der Waals surface area contributed by atoms with E-state index in [0.29, 0.717) is 5.39 Å². The molecule has 2 heterocycles. The maximum atomic E-state index is 12.7. The van der Waals surface area contributed by atoms with E-state index in [-0.39, 0.29) is 11.4 Å². The summed E-state index contributed by atoms with van der Waals surface area (Å²) in [5.41, 5.74) is 0.808.